The van der Waals surface area contributed by atoms with E-state index in [1.165, 1.54) is 16.4 Å². The third-order valence-electron chi connectivity index (χ3n) is 4.99. The standard InChI is InChI=1S/C23H21BrN2O4S/c24-19-10-12-20(13-11-19)31(28,29)25(16-18-6-2-1-3-7-18)17-23(27)26-14-15-30-22-9-5-4-8-21(22)26/h1-13H,14-17H2. The maximum Gasteiger partial charge on any atom is 0.243 e. The zero-order chi connectivity index (χ0) is 21.8. The van der Waals surface area contributed by atoms with Crippen molar-refractivity contribution in [1.82, 2.24) is 4.31 Å². The molecule has 31 heavy (non-hydrogen) atoms. The Balaban J connectivity index is 1.65. The molecule has 0 atom stereocenters. The molecule has 1 aliphatic heterocycles. The Labute approximate surface area is 190 Å². The van der Waals surface area contributed by atoms with Gasteiger partial charge in [0.25, 0.3) is 0 Å². The van der Waals surface area contributed by atoms with Crippen molar-refractivity contribution in [3.05, 3.63) is 88.9 Å². The third kappa shape index (κ3) is 4.81. The van der Waals surface area contributed by atoms with Crippen molar-refractivity contribution in [2.75, 3.05) is 24.6 Å². The van der Waals surface area contributed by atoms with Crippen LogP contribution in [0.1, 0.15) is 5.56 Å². The van der Waals surface area contributed by atoms with E-state index in [1.54, 1.807) is 29.2 Å². The summed E-state index contributed by atoms with van der Waals surface area (Å²) >= 11 is 3.33. The zero-order valence-electron chi connectivity index (χ0n) is 16.6. The van der Waals surface area contributed by atoms with Gasteiger partial charge in [-0.15, -0.1) is 0 Å². The lowest BCUT2D eigenvalue weighted by Crippen LogP contribution is -2.45. The molecular weight excluding hydrogens is 480 g/mol. The fraction of sp³-hybridized carbons (Fsp3) is 0.174. The first-order valence-electron chi connectivity index (χ1n) is 9.77. The van der Waals surface area contributed by atoms with Gasteiger partial charge in [-0.25, -0.2) is 8.42 Å². The number of rotatable bonds is 6. The van der Waals surface area contributed by atoms with Crippen LogP contribution in [0.3, 0.4) is 0 Å². The smallest absolute Gasteiger partial charge is 0.243 e. The molecule has 3 aromatic rings. The van der Waals surface area contributed by atoms with Crippen LogP contribution in [-0.4, -0.2) is 38.3 Å². The van der Waals surface area contributed by atoms with Crippen molar-refractivity contribution in [3.8, 4) is 5.75 Å². The minimum absolute atomic E-state index is 0.0942. The molecule has 0 spiro atoms. The molecule has 0 saturated heterocycles. The number of sulfonamides is 1. The molecule has 3 aromatic carbocycles. The van der Waals surface area contributed by atoms with Gasteiger partial charge in [0, 0.05) is 11.0 Å². The Morgan fingerprint density at radius 1 is 0.968 bits per heavy atom. The van der Waals surface area contributed by atoms with Gasteiger partial charge in [-0.2, -0.15) is 4.31 Å². The molecule has 0 saturated carbocycles. The molecule has 4 rings (SSSR count). The summed E-state index contributed by atoms with van der Waals surface area (Å²) in [6, 6.07) is 22.9. The van der Waals surface area contributed by atoms with Crippen LogP contribution in [0.2, 0.25) is 0 Å². The minimum atomic E-state index is -3.89. The molecule has 8 heteroatoms. The first-order valence-corrected chi connectivity index (χ1v) is 12.0. The van der Waals surface area contributed by atoms with Crippen molar-refractivity contribution >= 4 is 37.5 Å². The van der Waals surface area contributed by atoms with Crippen LogP contribution in [0, 0.1) is 0 Å². The molecule has 0 aliphatic carbocycles. The number of hydrogen-bond donors (Lipinski definition) is 0. The highest BCUT2D eigenvalue weighted by atomic mass is 79.9. The predicted octanol–water partition coefficient (Wildman–Crippen LogP) is 4.07. The van der Waals surface area contributed by atoms with Crippen molar-refractivity contribution in [2.24, 2.45) is 0 Å². The number of fused-ring (bicyclic) bond motifs is 1. The highest BCUT2D eigenvalue weighted by molar-refractivity contribution is 9.10. The fourth-order valence-corrected chi connectivity index (χ4v) is 5.08. The summed E-state index contributed by atoms with van der Waals surface area (Å²) in [5.41, 5.74) is 1.46. The van der Waals surface area contributed by atoms with E-state index in [2.05, 4.69) is 15.9 Å². The Bertz CT molecular complexity index is 1170. The molecule has 1 heterocycles. The molecule has 0 N–H and O–H groups in total. The number of hydrogen-bond acceptors (Lipinski definition) is 4. The first-order chi connectivity index (χ1) is 14.9. The van der Waals surface area contributed by atoms with Crippen molar-refractivity contribution in [3.63, 3.8) is 0 Å². The van der Waals surface area contributed by atoms with E-state index in [0.29, 0.717) is 24.6 Å². The number of para-hydroxylation sites is 2. The van der Waals surface area contributed by atoms with Gasteiger partial charge in [-0.1, -0.05) is 58.4 Å². The average Bonchev–Trinajstić information content (AvgIpc) is 2.79. The predicted molar refractivity (Wildman–Crippen MR) is 122 cm³/mol. The number of amides is 1. The van der Waals surface area contributed by atoms with Crippen LogP contribution in [0.4, 0.5) is 5.69 Å². The summed E-state index contributed by atoms with van der Waals surface area (Å²) < 4.78 is 34.5. The lowest BCUT2D eigenvalue weighted by Gasteiger charge is -2.31. The number of anilines is 1. The van der Waals surface area contributed by atoms with E-state index in [1.807, 2.05) is 42.5 Å². The van der Waals surface area contributed by atoms with Gasteiger partial charge in [0.1, 0.15) is 12.4 Å². The van der Waals surface area contributed by atoms with Crippen LogP contribution in [0.5, 0.6) is 5.75 Å². The van der Waals surface area contributed by atoms with Crippen LogP contribution in [0.15, 0.2) is 88.2 Å². The molecule has 0 unspecified atom stereocenters. The molecular formula is C23H21BrN2O4S. The van der Waals surface area contributed by atoms with Crippen molar-refractivity contribution in [1.29, 1.82) is 0 Å². The van der Waals surface area contributed by atoms with Gasteiger partial charge < -0.3 is 9.64 Å². The Hall–Kier alpha value is -2.68. The normalized spacial score (nSPS) is 13.5. The molecule has 0 radical (unpaired) electrons. The maximum absolute atomic E-state index is 13.4. The van der Waals surface area contributed by atoms with Crippen LogP contribution < -0.4 is 9.64 Å². The monoisotopic (exact) mass is 500 g/mol. The topological polar surface area (TPSA) is 66.9 Å². The van der Waals surface area contributed by atoms with Gasteiger partial charge in [-0.05, 0) is 42.0 Å². The van der Waals surface area contributed by atoms with E-state index in [0.717, 1.165) is 10.0 Å². The number of nitrogens with zero attached hydrogens (tertiary/aromatic N) is 2. The van der Waals surface area contributed by atoms with E-state index in [4.69, 9.17) is 4.74 Å². The van der Waals surface area contributed by atoms with E-state index < -0.39 is 10.0 Å². The number of ether oxygens (including phenoxy) is 1. The van der Waals surface area contributed by atoms with Crippen molar-refractivity contribution < 1.29 is 17.9 Å². The Kier molecular flexibility index (Phi) is 6.41. The summed E-state index contributed by atoms with van der Waals surface area (Å²) in [6.45, 7) is 0.548. The minimum Gasteiger partial charge on any atom is -0.490 e. The van der Waals surface area contributed by atoms with E-state index in [9.17, 15) is 13.2 Å². The zero-order valence-corrected chi connectivity index (χ0v) is 19.1. The van der Waals surface area contributed by atoms with Crippen LogP contribution >= 0.6 is 15.9 Å². The molecule has 0 aromatic heterocycles. The SMILES string of the molecule is O=C(CN(Cc1ccccc1)S(=O)(=O)c1ccc(Br)cc1)N1CCOc2ccccc21. The molecule has 1 amide bonds. The summed E-state index contributed by atoms with van der Waals surface area (Å²) in [5, 5.41) is 0. The summed E-state index contributed by atoms with van der Waals surface area (Å²) in [5.74, 6) is 0.319. The number of benzene rings is 3. The second kappa shape index (κ2) is 9.21. The lowest BCUT2D eigenvalue weighted by molar-refractivity contribution is -0.119. The van der Waals surface area contributed by atoms with Gasteiger partial charge in [-0.3, -0.25) is 4.79 Å². The highest BCUT2D eigenvalue weighted by Gasteiger charge is 2.31. The molecule has 0 bridgehead atoms. The summed E-state index contributed by atoms with van der Waals surface area (Å²) in [6.07, 6.45) is 0. The fourth-order valence-electron chi connectivity index (χ4n) is 3.43. The first kappa shape index (κ1) is 21.5. The van der Waals surface area contributed by atoms with Crippen LogP contribution in [0.25, 0.3) is 0 Å². The number of carbonyl (C=O) groups is 1. The van der Waals surface area contributed by atoms with E-state index >= 15 is 0 Å². The number of carbonyl (C=O) groups excluding carboxylic acids is 1. The largest absolute Gasteiger partial charge is 0.490 e. The third-order valence-corrected chi connectivity index (χ3v) is 7.33. The van der Waals surface area contributed by atoms with Crippen LogP contribution in [-0.2, 0) is 21.4 Å². The Morgan fingerprint density at radius 2 is 1.65 bits per heavy atom. The highest BCUT2D eigenvalue weighted by Crippen LogP contribution is 2.31. The maximum atomic E-state index is 13.4. The second-order valence-corrected chi connectivity index (χ2v) is 9.93. The quantitative estimate of drug-likeness (QED) is 0.511. The van der Waals surface area contributed by atoms with Crippen molar-refractivity contribution in [2.45, 2.75) is 11.4 Å². The summed E-state index contributed by atoms with van der Waals surface area (Å²) in [7, 11) is -3.89. The molecule has 160 valence electrons. The number of halogens is 1. The average molecular weight is 501 g/mol. The summed E-state index contributed by atoms with van der Waals surface area (Å²) in [4.78, 5) is 15.0. The Morgan fingerprint density at radius 3 is 2.39 bits per heavy atom. The van der Waals surface area contributed by atoms with Gasteiger partial charge in [0.15, 0.2) is 0 Å². The van der Waals surface area contributed by atoms with Gasteiger partial charge in [0.2, 0.25) is 15.9 Å². The second-order valence-electron chi connectivity index (χ2n) is 7.07. The molecule has 0 fully saturated rings. The lowest BCUT2D eigenvalue weighted by atomic mass is 10.2. The van der Waals surface area contributed by atoms with Gasteiger partial charge >= 0.3 is 0 Å². The van der Waals surface area contributed by atoms with E-state index in [-0.39, 0.29) is 23.9 Å². The molecule has 1 aliphatic rings. The van der Waals surface area contributed by atoms with Gasteiger partial charge in [0.05, 0.1) is 23.7 Å². The molecule has 6 nitrogen and oxygen atoms in total.